The molecule has 0 aliphatic carbocycles. The van der Waals surface area contributed by atoms with Gasteiger partial charge >= 0.3 is 6.18 Å². The van der Waals surface area contributed by atoms with E-state index in [1.54, 1.807) is 29.4 Å². The van der Waals surface area contributed by atoms with Crippen molar-refractivity contribution in [2.24, 2.45) is 0 Å². The molecule has 2 aromatic rings. The first-order valence-corrected chi connectivity index (χ1v) is 7.90. The second-order valence-corrected chi connectivity index (χ2v) is 5.92. The minimum atomic E-state index is -4.33. The predicted octanol–water partition coefficient (Wildman–Crippen LogP) is 2.19. The van der Waals surface area contributed by atoms with E-state index >= 15 is 0 Å². The number of carbonyl (C=O) groups excluding carboxylic acids is 2. The number of benzene rings is 1. The van der Waals surface area contributed by atoms with Gasteiger partial charge in [-0.2, -0.15) is 13.2 Å². The zero-order valence-corrected chi connectivity index (χ0v) is 13.3. The van der Waals surface area contributed by atoms with Gasteiger partial charge in [-0.15, -0.1) is 0 Å². The number of hydrogen-bond acceptors (Lipinski definition) is 3. The fourth-order valence-corrected chi connectivity index (χ4v) is 2.82. The lowest BCUT2D eigenvalue weighted by molar-refractivity contribution is -0.149. The topological polar surface area (TPSA) is 69.3 Å². The molecule has 1 aliphatic rings. The summed E-state index contributed by atoms with van der Waals surface area (Å²) in [6, 6.07) is 5.15. The number of rotatable bonds is 3. The number of aromatic nitrogens is 2. The summed E-state index contributed by atoms with van der Waals surface area (Å²) in [7, 11) is 0. The first-order chi connectivity index (χ1) is 11.8. The summed E-state index contributed by atoms with van der Waals surface area (Å²) in [5, 5.41) is 0. The fraction of sp³-hybridized carbons (Fsp3) is 0.438. The van der Waals surface area contributed by atoms with Crippen LogP contribution in [0.25, 0.3) is 11.0 Å². The molecule has 1 aliphatic heterocycles. The molecule has 9 heteroatoms. The van der Waals surface area contributed by atoms with Crippen LogP contribution >= 0.6 is 0 Å². The summed E-state index contributed by atoms with van der Waals surface area (Å²) >= 11 is 0. The van der Waals surface area contributed by atoms with Crippen molar-refractivity contribution in [1.29, 1.82) is 0 Å². The highest BCUT2D eigenvalue weighted by atomic mass is 19.4. The minimum absolute atomic E-state index is 0.168. The van der Waals surface area contributed by atoms with Crippen LogP contribution in [0, 0.1) is 0 Å². The number of nitrogens with zero attached hydrogens (tertiary/aromatic N) is 3. The van der Waals surface area contributed by atoms with Crippen molar-refractivity contribution in [3.63, 3.8) is 0 Å². The van der Waals surface area contributed by atoms with Gasteiger partial charge in [0.25, 0.3) is 5.91 Å². The summed E-state index contributed by atoms with van der Waals surface area (Å²) < 4.78 is 36.6. The Morgan fingerprint density at radius 3 is 2.48 bits per heavy atom. The van der Waals surface area contributed by atoms with Gasteiger partial charge in [0, 0.05) is 38.2 Å². The summed E-state index contributed by atoms with van der Waals surface area (Å²) in [5.41, 5.74) is 2.03. The monoisotopic (exact) mass is 354 g/mol. The SMILES string of the molecule is O=C(CCC(F)(F)F)N1CCN(C(=O)c2ccc3nc[nH]c3c2)CC1. The van der Waals surface area contributed by atoms with Gasteiger partial charge < -0.3 is 14.8 Å². The first kappa shape index (κ1) is 17.2. The highest BCUT2D eigenvalue weighted by molar-refractivity contribution is 5.97. The van der Waals surface area contributed by atoms with Crippen molar-refractivity contribution < 1.29 is 22.8 Å². The number of H-pyrrole nitrogens is 1. The molecular formula is C16H17F3N4O2. The quantitative estimate of drug-likeness (QED) is 0.919. The number of nitrogens with one attached hydrogen (secondary N) is 1. The predicted molar refractivity (Wildman–Crippen MR) is 83.9 cm³/mol. The van der Waals surface area contributed by atoms with Gasteiger partial charge in [-0.3, -0.25) is 9.59 Å². The molecule has 0 unspecified atom stereocenters. The molecule has 1 fully saturated rings. The van der Waals surface area contributed by atoms with Gasteiger partial charge in [0.15, 0.2) is 0 Å². The highest BCUT2D eigenvalue weighted by Gasteiger charge is 2.30. The summed E-state index contributed by atoms with van der Waals surface area (Å²) in [6.07, 6.45) is -4.45. The molecular weight excluding hydrogens is 337 g/mol. The van der Waals surface area contributed by atoms with E-state index in [2.05, 4.69) is 9.97 Å². The van der Waals surface area contributed by atoms with Crippen molar-refractivity contribution in [2.45, 2.75) is 19.0 Å². The number of hydrogen-bond donors (Lipinski definition) is 1. The van der Waals surface area contributed by atoms with Crippen LogP contribution in [0.1, 0.15) is 23.2 Å². The number of halogens is 3. The average molecular weight is 354 g/mol. The Morgan fingerprint density at radius 2 is 1.80 bits per heavy atom. The Hall–Kier alpha value is -2.58. The summed E-state index contributed by atoms with van der Waals surface area (Å²) in [4.78, 5) is 34.4. The van der Waals surface area contributed by atoms with E-state index in [4.69, 9.17) is 0 Å². The van der Waals surface area contributed by atoms with Crippen molar-refractivity contribution >= 4 is 22.8 Å². The molecule has 0 bridgehead atoms. The molecule has 25 heavy (non-hydrogen) atoms. The standard InChI is InChI=1S/C16H17F3N4O2/c17-16(18,19)4-3-14(24)22-5-7-23(8-6-22)15(25)11-1-2-12-13(9-11)21-10-20-12/h1-2,9-10H,3-8H2,(H,20,21). The van der Waals surface area contributed by atoms with E-state index in [0.717, 1.165) is 11.0 Å². The second-order valence-electron chi connectivity index (χ2n) is 5.92. The highest BCUT2D eigenvalue weighted by Crippen LogP contribution is 2.22. The van der Waals surface area contributed by atoms with E-state index < -0.39 is 24.9 Å². The van der Waals surface area contributed by atoms with Gasteiger partial charge in [-0.05, 0) is 18.2 Å². The number of amides is 2. The van der Waals surface area contributed by atoms with Crippen LogP contribution in [0.2, 0.25) is 0 Å². The Labute approximate surface area is 141 Å². The van der Waals surface area contributed by atoms with Gasteiger partial charge in [0.1, 0.15) is 0 Å². The van der Waals surface area contributed by atoms with Crippen LogP contribution in [0.4, 0.5) is 13.2 Å². The van der Waals surface area contributed by atoms with E-state index in [0.29, 0.717) is 18.7 Å². The summed E-state index contributed by atoms with van der Waals surface area (Å²) in [6.45, 7) is 1.10. The number of piperazine rings is 1. The molecule has 1 aromatic heterocycles. The van der Waals surface area contributed by atoms with Crippen LogP contribution in [0.15, 0.2) is 24.5 Å². The fourth-order valence-electron chi connectivity index (χ4n) is 2.82. The normalized spacial score (nSPS) is 15.6. The van der Waals surface area contributed by atoms with Crippen LogP contribution in [-0.4, -0.2) is 63.9 Å². The molecule has 1 N–H and O–H groups in total. The smallest absolute Gasteiger partial charge is 0.345 e. The Balaban J connectivity index is 1.56. The van der Waals surface area contributed by atoms with Crippen molar-refractivity contribution in [2.75, 3.05) is 26.2 Å². The Bertz CT molecular complexity index is 779. The van der Waals surface area contributed by atoms with E-state index in [1.807, 2.05) is 0 Å². The molecule has 2 amide bonds. The number of imidazole rings is 1. The molecule has 0 spiro atoms. The molecule has 0 atom stereocenters. The lowest BCUT2D eigenvalue weighted by Crippen LogP contribution is -2.50. The summed E-state index contributed by atoms with van der Waals surface area (Å²) in [5.74, 6) is -0.692. The number of alkyl halides is 3. The van der Waals surface area contributed by atoms with Gasteiger partial charge in [-0.1, -0.05) is 0 Å². The largest absolute Gasteiger partial charge is 0.389 e. The van der Waals surface area contributed by atoms with Gasteiger partial charge in [-0.25, -0.2) is 4.98 Å². The zero-order valence-electron chi connectivity index (χ0n) is 13.3. The average Bonchev–Trinajstić information content (AvgIpc) is 3.06. The molecule has 0 radical (unpaired) electrons. The maximum atomic E-state index is 12.5. The van der Waals surface area contributed by atoms with Gasteiger partial charge in [0.05, 0.1) is 23.8 Å². The number of carbonyl (C=O) groups is 2. The van der Waals surface area contributed by atoms with Crippen molar-refractivity contribution in [3.8, 4) is 0 Å². The third-order valence-electron chi connectivity index (χ3n) is 4.21. The third-order valence-corrected chi connectivity index (χ3v) is 4.21. The molecule has 134 valence electrons. The zero-order chi connectivity index (χ0) is 18.0. The van der Waals surface area contributed by atoms with Crippen LogP contribution in [-0.2, 0) is 4.79 Å². The maximum absolute atomic E-state index is 12.5. The maximum Gasteiger partial charge on any atom is 0.389 e. The van der Waals surface area contributed by atoms with E-state index in [9.17, 15) is 22.8 Å². The van der Waals surface area contributed by atoms with Crippen molar-refractivity contribution in [1.82, 2.24) is 19.8 Å². The lowest BCUT2D eigenvalue weighted by Gasteiger charge is -2.35. The number of fused-ring (bicyclic) bond motifs is 1. The molecule has 1 aromatic carbocycles. The van der Waals surface area contributed by atoms with Crippen LogP contribution < -0.4 is 0 Å². The first-order valence-electron chi connectivity index (χ1n) is 7.90. The molecule has 3 rings (SSSR count). The van der Waals surface area contributed by atoms with E-state index in [-0.39, 0.29) is 19.0 Å². The molecule has 0 saturated carbocycles. The van der Waals surface area contributed by atoms with Crippen LogP contribution in [0.3, 0.4) is 0 Å². The van der Waals surface area contributed by atoms with E-state index in [1.165, 1.54) is 4.90 Å². The Kier molecular flexibility index (Phi) is 4.65. The lowest BCUT2D eigenvalue weighted by atomic mass is 10.1. The molecule has 1 saturated heterocycles. The second kappa shape index (κ2) is 6.73. The number of aromatic amines is 1. The molecule has 6 nitrogen and oxygen atoms in total. The van der Waals surface area contributed by atoms with Gasteiger partial charge in [0.2, 0.25) is 5.91 Å². The van der Waals surface area contributed by atoms with Crippen LogP contribution in [0.5, 0.6) is 0 Å². The molecule has 2 heterocycles. The Morgan fingerprint density at radius 1 is 1.12 bits per heavy atom. The third kappa shape index (κ3) is 4.09. The minimum Gasteiger partial charge on any atom is -0.345 e. The van der Waals surface area contributed by atoms with Crippen molar-refractivity contribution in [3.05, 3.63) is 30.1 Å².